The van der Waals surface area contributed by atoms with Crippen LogP contribution in [0, 0.1) is 0 Å². The van der Waals surface area contributed by atoms with E-state index >= 15 is 0 Å². The Balaban J connectivity index is 1.60. The Kier molecular flexibility index (Phi) is 4.81. The first-order valence-corrected chi connectivity index (χ1v) is 9.76. The molecule has 0 fully saturated rings. The van der Waals surface area contributed by atoms with E-state index in [1.165, 1.54) is 6.26 Å². The molecule has 0 unspecified atom stereocenters. The van der Waals surface area contributed by atoms with Gasteiger partial charge in [0.1, 0.15) is 6.04 Å². The van der Waals surface area contributed by atoms with Crippen molar-refractivity contribution in [2.45, 2.75) is 32.0 Å². The number of hydrogen-bond donors (Lipinski definition) is 1. The van der Waals surface area contributed by atoms with Crippen LogP contribution in [-0.4, -0.2) is 22.8 Å². The molecule has 0 radical (unpaired) electrons. The van der Waals surface area contributed by atoms with Gasteiger partial charge in [0, 0.05) is 17.8 Å². The molecule has 1 aliphatic heterocycles. The van der Waals surface area contributed by atoms with E-state index in [1.807, 2.05) is 48.7 Å². The van der Waals surface area contributed by atoms with Crippen LogP contribution in [0.4, 0.5) is 0 Å². The number of hydrogen-bond acceptors (Lipinski definition) is 4. The number of furan rings is 1. The highest BCUT2D eigenvalue weighted by molar-refractivity contribution is 7.10. The molecule has 0 saturated heterocycles. The lowest BCUT2D eigenvalue weighted by Crippen LogP contribution is -2.52. The van der Waals surface area contributed by atoms with E-state index in [9.17, 15) is 9.59 Å². The van der Waals surface area contributed by atoms with Gasteiger partial charge in [0.15, 0.2) is 5.76 Å². The Morgan fingerprint density at radius 1 is 1.15 bits per heavy atom. The van der Waals surface area contributed by atoms with Gasteiger partial charge in [-0.05, 0) is 41.6 Å². The van der Waals surface area contributed by atoms with Gasteiger partial charge < -0.3 is 14.6 Å². The highest BCUT2D eigenvalue weighted by atomic mass is 32.1. The van der Waals surface area contributed by atoms with E-state index in [-0.39, 0.29) is 23.6 Å². The second kappa shape index (κ2) is 7.40. The molecule has 3 aromatic rings. The number of nitrogens with zero attached hydrogens (tertiary/aromatic N) is 1. The van der Waals surface area contributed by atoms with Gasteiger partial charge >= 0.3 is 0 Å². The summed E-state index contributed by atoms with van der Waals surface area (Å²) in [5, 5.41) is 5.05. The molecule has 0 bridgehead atoms. The van der Waals surface area contributed by atoms with Crippen LogP contribution >= 0.6 is 11.3 Å². The van der Waals surface area contributed by atoms with E-state index in [2.05, 4.69) is 5.32 Å². The first-order valence-electron chi connectivity index (χ1n) is 8.88. The quantitative estimate of drug-likeness (QED) is 0.749. The molecule has 138 valence electrons. The van der Waals surface area contributed by atoms with Crippen LogP contribution in [-0.2, 0) is 17.8 Å². The van der Waals surface area contributed by atoms with Crippen molar-refractivity contribution in [2.24, 2.45) is 0 Å². The van der Waals surface area contributed by atoms with Crippen molar-refractivity contribution in [1.82, 2.24) is 10.2 Å². The lowest BCUT2D eigenvalue weighted by atomic mass is 9.93. The topological polar surface area (TPSA) is 62.6 Å². The molecule has 2 amide bonds. The van der Waals surface area contributed by atoms with E-state index in [4.69, 9.17) is 4.42 Å². The fraction of sp³-hybridized carbons (Fsp3) is 0.238. The highest BCUT2D eigenvalue weighted by Gasteiger charge is 2.36. The number of nitrogens with one attached hydrogen (secondary N) is 1. The second-order valence-electron chi connectivity index (χ2n) is 6.64. The summed E-state index contributed by atoms with van der Waals surface area (Å²) in [6, 6.07) is 14.5. The van der Waals surface area contributed by atoms with Crippen LogP contribution in [0.3, 0.4) is 0 Å². The van der Waals surface area contributed by atoms with Crippen LogP contribution in [0.2, 0.25) is 0 Å². The third-order valence-corrected chi connectivity index (χ3v) is 5.93. The van der Waals surface area contributed by atoms with Crippen LogP contribution in [0.25, 0.3) is 0 Å². The molecule has 0 spiro atoms. The van der Waals surface area contributed by atoms with Crippen molar-refractivity contribution in [3.8, 4) is 0 Å². The molecule has 2 atom stereocenters. The number of thiophene rings is 1. The number of amides is 2. The van der Waals surface area contributed by atoms with Crippen LogP contribution in [0.5, 0.6) is 0 Å². The van der Waals surface area contributed by atoms with Gasteiger partial charge in [0.25, 0.3) is 5.91 Å². The van der Waals surface area contributed by atoms with Crippen molar-refractivity contribution in [1.29, 1.82) is 0 Å². The minimum atomic E-state index is -0.570. The zero-order valence-electron chi connectivity index (χ0n) is 14.9. The van der Waals surface area contributed by atoms with E-state index in [0.717, 1.165) is 16.0 Å². The summed E-state index contributed by atoms with van der Waals surface area (Å²) >= 11 is 1.60. The van der Waals surface area contributed by atoms with Gasteiger partial charge in [0.2, 0.25) is 5.91 Å². The molecular weight excluding hydrogens is 360 g/mol. The van der Waals surface area contributed by atoms with Crippen LogP contribution in [0.15, 0.2) is 64.6 Å². The monoisotopic (exact) mass is 380 g/mol. The minimum absolute atomic E-state index is 0.102. The molecule has 27 heavy (non-hydrogen) atoms. The molecule has 5 nitrogen and oxygen atoms in total. The molecule has 2 aromatic heterocycles. The largest absolute Gasteiger partial charge is 0.459 e. The smallest absolute Gasteiger partial charge is 0.290 e. The maximum Gasteiger partial charge on any atom is 0.290 e. The van der Waals surface area contributed by atoms with Gasteiger partial charge in [-0.3, -0.25) is 9.59 Å². The molecule has 1 aliphatic rings. The van der Waals surface area contributed by atoms with Crippen molar-refractivity contribution < 1.29 is 14.0 Å². The fourth-order valence-electron chi connectivity index (χ4n) is 3.43. The molecule has 1 N–H and O–H groups in total. The van der Waals surface area contributed by atoms with Gasteiger partial charge in [-0.2, -0.15) is 0 Å². The van der Waals surface area contributed by atoms with E-state index in [0.29, 0.717) is 13.0 Å². The Labute approximate surface area is 161 Å². The normalized spacial score (nSPS) is 17.2. The average molecular weight is 380 g/mol. The van der Waals surface area contributed by atoms with Gasteiger partial charge in [-0.25, -0.2) is 0 Å². The van der Waals surface area contributed by atoms with E-state index < -0.39 is 6.04 Å². The Morgan fingerprint density at radius 2 is 1.96 bits per heavy atom. The molecule has 0 aliphatic carbocycles. The van der Waals surface area contributed by atoms with Gasteiger partial charge in [-0.1, -0.05) is 30.3 Å². The SMILES string of the molecule is C[C@@H](NC(=O)[C@@H]1Cc2ccccc2CN1C(=O)c1ccco1)c1cccs1. The predicted octanol–water partition coefficient (Wildman–Crippen LogP) is 3.79. The lowest BCUT2D eigenvalue weighted by molar-refractivity contribution is -0.126. The summed E-state index contributed by atoms with van der Waals surface area (Å²) in [5.41, 5.74) is 2.16. The lowest BCUT2D eigenvalue weighted by Gasteiger charge is -2.36. The maximum atomic E-state index is 13.1. The third-order valence-electron chi connectivity index (χ3n) is 4.87. The molecule has 6 heteroatoms. The summed E-state index contributed by atoms with van der Waals surface area (Å²) in [4.78, 5) is 28.7. The highest BCUT2D eigenvalue weighted by Crippen LogP contribution is 2.26. The molecule has 0 saturated carbocycles. The zero-order chi connectivity index (χ0) is 18.8. The fourth-order valence-corrected chi connectivity index (χ4v) is 4.17. The summed E-state index contributed by atoms with van der Waals surface area (Å²) in [5.74, 6) is -0.165. The minimum Gasteiger partial charge on any atom is -0.459 e. The van der Waals surface area contributed by atoms with Crippen molar-refractivity contribution in [3.05, 3.63) is 81.9 Å². The van der Waals surface area contributed by atoms with Gasteiger partial charge in [0.05, 0.1) is 12.3 Å². The summed E-state index contributed by atoms with van der Waals surface area (Å²) in [6.07, 6.45) is 1.96. The molecule has 1 aromatic carbocycles. The summed E-state index contributed by atoms with van der Waals surface area (Å²) in [6.45, 7) is 2.35. The Morgan fingerprint density at radius 3 is 2.67 bits per heavy atom. The van der Waals surface area contributed by atoms with Crippen molar-refractivity contribution >= 4 is 23.2 Å². The zero-order valence-corrected chi connectivity index (χ0v) is 15.7. The first-order chi connectivity index (χ1) is 13.1. The molecule has 4 rings (SSSR count). The number of rotatable bonds is 4. The summed E-state index contributed by atoms with van der Waals surface area (Å²) in [7, 11) is 0. The van der Waals surface area contributed by atoms with Crippen LogP contribution in [0.1, 0.15) is 39.5 Å². The van der Waals surface area contributed by atoms with Crippen molar-refractivity contribution in [2.75, 3.05) is 0 Å². The van der Waals surface area contributed by atoms with Gasteiger partial charge in [-0.15, -0.1) is 11.3 Å². The number of benzene rings is 1. The number of fused-ring (bicyclic) bond motifs is 1. The predicted molar refractivity (Wildman–Crippen MR) is 103 cm³/mol. The van der Waals surface area contributed by atoms with E-state index in [1.54, 1.807) is 28.4 Å². The standard InChI is InChI=1S/C21H20N2O3S/c1-14(19-9-5-11-27-19)22-20(24)17-12-15-6-2-3-7-16(15)13-23(17)21(25)18-8-4-10-26-18/h2-11,14,17H,12-13H2,1H3,(H,22,24)/t14-,17+/m1/s1. The average Bonchev–Trinajstić information content (AvgIpc) is 3.40. The Bertz CT molecular complexity index is 934. The van der Waals surface area contributed by atoms with Crippen LogP contribution < -0.4 is 5.32 Å². The van der Waals surface area contributed by atoms with Crippen molar-refractivity contribution in [3.63, 3.8) is 0 Å². The number of carbonyl (C=O) groups excluding carboxylic acids is 2. The summed E-state index contributed by atoms with van der Waals surface area (Å²) < 4.78 is 5.28. The third kappa shape index (κ3) is 3.53. The molecule has 3 heterocycles. The first kappa shape index (κ1) is 17.5. The second-order valence-corrected chi connectivity index (χ2v) is 7.62. The molecular formula is C21H20N2O3S. The maximum absolute atomic E-state index is 13.1. The Hall–Kier alpha value is -2.86. The number of carbonyl (C=O) groups is 2.